The maximum atomic E-state index is 4.70. The smallest absolute Gasteiger partial charge is 0.0967 e. The molecule has 0 saturated carbocycles. The highest BCUT2D eigenvalue weighted by Crippen LogP contribution is 2.25. The number of amidine groups is 1. The van der Waals surface area contributed by atoms with Gasteiger partial charge in [0, 0.05) is 30.1 Å². The molecular weight excluding hydrogens is 270 g/mol. The van der Waals surface area contributed by atoms with Gasteiger partial charge in [-0.1, -0.05) is 31.4 Å². The lowest BCUT2D eigenvalue weighted by Crippen LogP contribution is -2.13. The van der Waals surface area contributed by atoms with E-state index in [4.69, 9.17) is 4.98 Å². The van der Waals surface area contributed by atoms with Gasteiger partial charge < -0.3 is 5.32 Å². The lowest BCUT2D eigenvalue weighted by molar-refractivity contribution is 1.14. The molecule has 0 aromatic carbocycles. The van der Waals surface area contributed by atoms with Crippen molar-refractivity contribution in [1.29, 1.82) is 0 Å². The summed E-state index contributed by atoms with van der Waals surface area (Å²) >= 11 is 0. The average Bonchev–Trinajstić information content (AvgIpc) is 2.47. The van der Waals surface area contributed by atoms with Crippen LogP contribution in [0, 0.1) is 6.92 Å². The summed E-state index contributed by atoms with van der Waals surface area (Å²) in [5.41, 5.74) is 6.00. The SMILES string of the molecule is C=C/C(=C\NC(C)=NC)c1cc(/C=C\C)c(C(=C)C)c(C)n1. The van der Waals surface area contributed by atoms with Crippen molar-refractivity contribution in [3.8, 4) is 0 Å². The van der Waals surface area contributed by atoms with Crippen LogP contribution in [0.1, 0.15) is 43.3 Å². The van der Waals surface area contributed by atoms with Gasteiger partial charge in [0.05, 0.1) is 11.5 Å². The molecule has 0 unspecified atom stereocenters. The van der Waals surface area contributed by atoms with Crippen LogP contribution in [0.25, 0.3) is 17.2 Å². The summed E-state index contributed by atoms with van der Waals surface area (Å²) in [4.78, 5) is 8.77. The molecule has 1 aromatic rings. The van der Waals surface area contributed by atoms with E-state index < -0.39 is 0 Å². The van der Waals surface area contributed by atoms with Crippen LogP contribution >= 0.6 is 0 Å². The summed E-state index contributed by atoms with van der Waals surface area (Å²) in [6.07, 6.45) is 7.76. The first-order chi connectivity index (χ1) is 10.4. The van der Waals surface area contributed by atoms with E-state index in [2.05, 4.69) is 35.6 Å². The van der Waals surface area contributed by atoms with E-state index in [1.807, 2.05) is 40.0 Å². The van der Waals surface area contributed by atoms with Gasteiger partial charge in [0.2, 0.25) is 0 Å². The second kappa shape index (κ2) is 8.13. The standard InChI is InChI=1S/C19H25N3/c1-8-10-17-11-18(22-14(5)19(17)13(3)4)16(9-2)12-21-15(6)20-7/h8-12H,2-3H2,1,4-7H3,(H,20,21)/b10-8-,16-12+. The van der Waals surface area contributed by atoms with Crippen molar-refractivity contribution in [3.05, 3.63) is 60.1 Å². The zero-order valence-electron chi connectivity index (χ0n) is 14.2. The molecule has 3 nitrogen and oxygen atoms in total. The van der Waals surface area contributed by atoms with E-state index in [-0.39, 0.29) is 0 Å². The molecule has 22 heavy (non-hydrogen) atoms. The summed E-state index contributed by atoms with van der Waals surface area (Å²) in [6, 6.07) is 2.06. The molecule has 1 aromatic heterocycles. The lowest BCUT2D eigenvalue weighted by Gasteiger charge is -2.13. The summed E-state index contributed by atoms with van der Waals surface area (Å²) < 4.78 is 0. The predicted molar refractivity (Wildman–Crippen MR) is 98.7 cm³/mol. The first-order valence-electron chi connectivity index (χ1n) is 7.27. The Morgan fingerprint density at radius 3 is 2.55 bits per heavy atom. The van der Waals surface area contributed by atoms with Crippen LogP contribution < -0.4 is 5.32 Å². The van der Waals surface area contributed by atoms with E-state index >= 15 is 0 Å². The van der Waals surface area contributed by atoms with Crippen LogP contribution in [-0.2, 0) is 0 Å². The summed E-state index contributed by atoms with van der Waals surface area (Å²) in [5.74, 6) is 0.836. The van der Waals surface area contributed by atoms with E-state index in [1.54, 1.807) is 13.1 Å². The predicted octanol–water partition coefficient (Wildman–Crippen LogP) is 4.62. The number of pyridine rings is 1. The van der Waals surface area contributed by atoms with Crippen LogP contribution in [-0.4, -0.2) is 17.9 Å². The number of nitrogens with one attached hydrogen (secondary N) is 1. The third-order valence-corrected chi connectivity index (χ3v) is 3.29. The van der Waals surface area contributed by atoms with Gasteiger partial charge in [-0.15, -0.1) is 0 Å². The van der Waals surface area contributed by atoms with Crippen LogP contribution in [0.2, 0.25) is 0 Å². The number of hydrogen-bond acceptors (Lipinski definition) is 2. The van der Waals surface area contributed by atoms with Gasteiger partial charge in [0.1, 0.15) is 0 Å². The molecule has 0 aliphatic heterocycles. The van der Waals surface area contributed by atoms with E-state index in [0.717, 1.165) is 39.5 Å². The monoisotopic (exact) mass is 295 g/mol. The van der Waals surface area contributed by atoms with Crippen molar-refractivity contribution in [2.45, 2.75) is 27.7 Å². The van der Waals surface area contributed by atoms with Gasteiger partial charge in [0.15, 0.2) is 0 Å². The largest absolute Gasteiger partial charge is 0.350 e. The molecule has 3 heteroatoms. The Kier molecular flexibility index (Phi) is 6.51. The number of rotatable bonds is 5. The third kappa shape index (κ3) is 4.29. The maximum absolute atomic E-state index is 4.70. The number of hydrogen-bond donors (Lipinski definition) is 1. The molecule has 0 saturated heterocycles. The summed E-state index contributed by atoms with van der Waals surface area (Å²) in [6.45, 7) is 15.9. The molecule has 1 heterocycles. The molecule has 1 N–H and O–H groups in total. The van der Waals surface area contributed by atoms with Crippen molar-refractivity contribution in [3.63, 3.8) is 0 Å². The Morgan fingerprint density at radius 1 is 1.36 bits per heavy atom. The molecule has 0 amide bonds. The van der Waals surface area contributed by atoms with Crippen LogP contribution in [0.3, 0.4) is 0 Å². The van der Waals surface area contributed by atoms with E-state index in [9.17, 15) is 0 Å². The van der Waals surface area contributed by atoms with Gasteiger partial charge in [-0.3, -0.25) is 9.98 Å². The summed E-state index contributed by atoms with van der Waals surface area (Å²) in [5, 5.41) is 3.13. The number of nitrogens with zero attached hydrogens (tertiary/aromatic N) is 2. The molecule has 0 bridgehead atoms. The van der Waals surface area contributed by atoms with Crippen molar-refractivity contribution in [1.82, 2.24) is 10.3 Å². The van der Waals surface area contributed by atoms with Gasteiger partial charge in [-0.2, -0.15) is 0 Å². The van der Waals surface area contributed by atoms with Gasteiger partial charge in [-0.25, -0.2) is 0 Å². The van der Waals surface area contributed by atoms with Crippen LogP contribution in [0.15, 0.2) is 42.6 Å². The number of allylic oxidation sites excluding steroid dienone is 4. The quantitative estimate of drug-likeness (QED) is 0.489. The number of aryl methyl sites for hydroxylation is 1. The molecule has 0 aliphatic carbocycles. The van der Waals surface area contributed by atoms with Crippen molar-refractivity contribution in [2.75, 3.05) is 7.05 Å². The Morgan fingerprint density at radius 2 is 2.05 bits per heavy atom. The Hall–Kier alpha value is -2.42. The zero-order chi connectivity index (χ0) is 16.7. The second-order valence-corrected chi connectivity index (χ2v) is 5.09. The van der Waals surface area contributed by atoms with Gasteiger partial charge in [0.25, 0.3) is 0 Å². The minimum absolute atomic E-state index is 0.836. The molecular formula is C19H25N3. The van der Waals surface area contributed by atoms with Crippen molar-refractivity contribution < 1.29 is 0 Å². The third-order valence-electron chi connectivity index (χ3n) is 3.29. The molecule has 1 rings (SSSR count). The first kappa shape index (κ1) is 17.6. The molecule has 0 spiro atoms. The number of aromatic nitrogens is 1. The molecule has 0 fully saturated rings. The minimum atomic E-state index is 0.836. The zero-order valence-corrected chi connectivity index (χ0v) is 14.2. The van der Waals surface area contributed by atoms with Gasteiger partial charge in [-0.05, 0) is 44.9 Å². The highest BCUT2D eigenvalue weighted by Gasteiger charge is 2.10. The molecule has 0 radical (unpaired) electrons. The van der Waals surface area contributed by atoms with E-state index in [1.165, 1.54) is 0 Å². The van der Waals surface area contributed by atoms with Crippen LogP contribution in [0.4, 0.5) is 0 Å². The van der Waals surface area contributed by atoms with Crippen molar-refractivity contribution in [2.24, 2.45) is 4.99 Å². The fourth-order valence-corrected chi connectivity index (χ4v) is 2.20. The normalized spacial score (nSPS) is 12.6. The molecule has 0 atom stereocenters. The van der Waals surface area contributed by atoms with Gasteiger partial charge >= 0.3 is 0 Å². The Bertz CT molecular complexity index is 662. The van der Waals surface area contributed by atoms with Crippen molar-refractivity contribution >= 4 is 23.1 Å². The lowest BCUT2D eigenvalue weighted by atomic mass is 9.98. The second-order valence-electron chi connectivity index (χ2n) is 5.09. The fraction of sp³-hybridized carbons (Fsp3) is 0.263. The number of aliphatic imine (C=N–C) groups is 1. The Labute approximate surface area is 133 Å². The highest BCUT2D eigenvalue weighted by atomic mass is 15.0. The minimum Gasteiger partial charge on any atom is -0.350 e. The topological polar surface area (TPSA) is 37.3 Å². The maximum Gasteiger partial charge on any atom is 0.0967 e. The highest BCUT2D eigenvalue weighted by molar-refractivity contribution is 5.84. The fourth-order valence-electron chi connectivity index (χ4n) is 2.20. The van der Waals surface area contributed by atoms with Crippen LogP contribution in [0.5, 0.6) is 0 Å². The Balaban J connectivity index is 3.41. The molecule has 0 aliphatic rings. The average molecular weight is 295 g/mol. The first-order valence-corrected chi connectivity index (χ1v) is 7.27. The molecule has 116 valence electrons. The summed E-state index contributed by atoms with van der Waals surface area (Å²) in [7, 11) is 1.75. The van der Waals surface area contributed by atoms with E-state index in [0.29, 0.717) is 0 Å².